The van der Waals surface area contributed by atoms with E-state index in [2.05, 4.69) is 52.2 Å². The molecule has 57 heavy (non-hydrogen) atoms. The fourth-order valence-corrected chi connectivity index (χ4v) is 6.33. The number of aromatic nitrogens is 5. The summed E-state index contributed by atoms with van der Waals surface area (Å²) in [4.78, 5) is 92.8. The van der Waals surface area contributed by atoms with Crippen LogP contribution in [0.4, 0.5) is 22.9 Å². The number of ether oxygens (including phenoxy) is 1. The quantitative estimate of drug-likeness (QED) is 0.0696. The number of piperidine rings is 1. The van der Waals surface area contributed by atoms with Crippen LogP contribution in [-0.2, 0) is 26.2 Å². The average Bonchev–Trinajstić information content (AvgIpc) is 3.74. The number of fused-ring (bicyclic) bond motifs is 1. The van der Waals surface area contributed by atoms with Crippen LogP contribution in [0.1, 0.15) is 69.7 Å². The summed E-state index contributed by atoms with van der Waals surface area (Å²) < 4.78 is 7.22. The van der Waals surface area contributed by atoms with E-state index in [1.807, 2.05) is 0 Å². The number of anilines is 4. The Hall–Kier alpha value is -7.25. The minimum Gasteiger partial charge on any atom is -0.494 e. The molecule has 0 saturated carbocycles. The highest BCUT2D eigenvalue weighted by atomic mass is 16.5. The van der Waals surface area contributed by atoms with E-state index >= 15 is 0 Å². The molecular weight excluding hydrogens is 740 g/mol. The van der Waals surface area contributed by atoms with E-state index in [4.69, 9.17) is 4.74 Å². The van der Waals surface area contributed by atoms with Gasteiger partial charge in [0.05, 0.1) is 41.7 Å². The lowest BCUT2D eigenvalue weighted by molar-refractivity contribution is -0.136. The molecule has 0 bridgehead atoms. The highest BCUT2D eigenvalue weighted by Gasteiger charge is 2.44. The van der Waals surface area contributed by atoms with E-state index in [0.29, 0.717) is 54.3 Å². The number of hydrogen-bond donors (Lipinski definition) is 6. The number of para-hydroxylation sites is 1. The van der Waals surface area contributed by atoms with Crippen molar-refractivity contribution in [3.8, 4) is 17.1 Å². The molecule has 2 aromatic carbocycles. The number of benzene rings is 2. The van der Waals surface area contributed by atoms with Gasteiger partial charge in [-0.2, -0.15) is 5.10 Å². The zero-order valence-electron chi connectivity index (χ0n) is 31.3. The first kappa shape index (κ1) is 39.4. The van der Waals surface area contributed by atoms with Crippen molar-refractivity contribution in [3.63, 3.8) is 0 Å². The monoisotopic (exact) mass is 780 g/mol. The van der Waals surface area contributed by atoms with Crippen LogP contribution in [0.3, 0.4) is 0 Å². The SMILES string of the molecule is CNC(=O)c1nnc(NC(=O)CNC(=O)CCCCCNc2ccc3c(c2)C(=O)N(C2CCC(=O)NC2=O)C3=O)cc1Nc1cccc(-c2ncn(C)n2)c1OC. The van der Waals surface area contributed by atoms with Gasteiger partial charge < -0.3 is 31.3 Å². The van der Waals surface area contributed by atoms with Gasteiger partial charge in [0, 0.05) is 45.2 Å². The standard InChI is InChI=1S/C37H40N12O8/c1-38-35(54)31-25(42-24-9-7-8-22(32(24)57-3)33-41-19-48(2)47-33)17-27(45-46-31)43-30(52)18-40-28(50)10-5-4-6-15-39-20-11-12-21-23(16-20)37(56)49(36(21)55)26-13-14-29(51)44-34(26)53/h7-9,11-12,16-17,19,26,39H,4-6,10,13-15,18H2,1-3H3,(H,38,54)(H,40,50)(H,44,51,53)(H2,42,43,45,52). The van der Waals surface area contributed by atoms with E-state index in [-0.39, 0.29) is 60.0 Å². The Bertz CT molecular complexity index is 2260. The summed E-state index contributed by atoms with van der Waals surface area (Å²) in [6.07, 6.45) is 3.79. The summed E-state index contributed by atoms with van der Waals surface area (Å²) >= 11 is 0. The highest BCUT2D eigenvalue weighted by molar-refractivity contribution is 6.23. The molecular formula is C37H40N12O8. The maximum absolute atomic E-state index is 13.1. The van der Waals surface area contributed by atoms with Gasteiger partial charge in [0.25, 0.3) is 17.7 Å². The second-order valence-corrected chi connectivity index (χ2v) is 13.1. The van der Waals surface area contributed by atoms with Gasteiger partial charge in [0.15, 0.2) is 23.1 Å². The lowest BCUT2D eigenvalue weighted by Gasteiger charge is -2.27. The van der Waals surface area contributed by atoms with E-state index in [9.17, 15) is 33.6 Å². The first-order valence-corrected chi connectivity index (χ1v) is 18.0. The molecule has 4 aromatic rings. The van der Waals surface area contributed by atoms with Crippen molar-refractivity contribution >= 4 is 64.2 Å². The van der Waals surface area contributed by atoms with Crippen molar-refractivity contribution in [2.24, 2.45) is 7.05 Å². The topological polar surface area (TPSA) is 261 Å². The lowest BCUT2D eigenvalue weighted by Crippen LogP contribution is -2.54. The van der Waals surface area contributed by atoms with Gasteiger partial charge in [0.1, 0.15) is 12.4 Å². The molecule has 0 aliphatic carbocycles. The van der Waals surface area contributed by atoms with Gasteiger partial charge >= 0.3 is 0 Å². The minimum absolute atomic E-state index is 0.0318. The van der Waals surface area contributed by atoms with Crippen LogP contribution in [0.15, 0.2) is 48.8 Å². The van der Waals surface area contributed by atoms with Crippen molar-refractivity contribution in [2.45, 2.75) is 44.6 Å². The van der Waals surface area contributed by atoms with Gasteiger partial charge in [-0.25, -0.2) is 4.98 Å². The number of carbonyl (C=O) groups excluding carboxylic acids is 7. The maximum atomic E-state index is 13.1. The Balaban J connectivity index is 0.948. The molecule has 1 saturated heterocycles. The number of aryl methyl sites for hydroxylation is 1. The van der Waals surface area contributed by atoms with Gasteiger partial charge in [0.2, 0.25) is 23.6 Å². The fraction of sp³-hybridized carbons (Fsp3) is 0.324. The molecule has 1 unspecified atom stereocenters. The van der Waals surface area contributed by atoms with Gasteiger partial charge in [-0.3, -0.25) is 48.5 Å². The van der Waals surface area contributed by atoms with Crippen molar-refractivity contribution in [1.82, 2.24) is 45.8 Å². The first-order valence-electron chi connectivity index (χ1n) is 18.0. The summed E-state index contributed by atoms with van der Waals surface area (Å²) in [6.45, 7) is 0.202. The van der Waals surface area contributed by atoms with Crippen LogP contribution in [0.25, 0.3) is 11.4 Å². The van der Waals surface area contributed by atoms with E-state index < -0.39 is 41.5 Å². The predicted octanol–water partition coefficient (Wildman–Crippen LogP) is 1.51. The number of nitrogens with one attached hydrogen (secondary N) is 6. The molecule has 1 fully saturated rings. The van der Waals surface area contributed by atoms with Crippen molar-refractivity contribution < 1.29 is 38.3 Å². The van der Waals surface area contributed by atoms with Crippen LogP contribution in [0, 0.1) is 0 Å². The zero-order chi connectivity index (χ0) is 40.6. The summed E-state index contributed by atoms with van der Waals surface area (Å²) in [5.41, 5.74) is 2.25. The molecule has 20 heteroatoms. The zero-order valence-corrected chi connectivity index (χ0v) is 31.3. The molecule has 2 aliphatic heterocycles. The van der Waals surface area contributed by atoms with Gasteiger partial charge in [-0.15, -0.1) is 10.2 Å². The van der Waals surface area contributed by atoms with Gasteiger partial charge in [-0.05, 0) is 49.6 Å². The Morgan fingerprint density at radius 3 is 2.47 bits per heavy atom. The number of rotatable bonds is 16. The van der Waals surface area contributed by atoms with Crippen molar-refractivity contribution in [1.29, 1.82) is 0 Å². The maximum Gasteiger partial charge on any atom is 0.273 e. The third-order valence-corrected chi connectivity index (χ3v) is 9.13. The molecule has 2 aromatic heterocycles. The number of imide groups is 2. The summed E-state index contributed by atoms with van der Waals surface area (Å²) in [5.74, 6) is -2.79. The number of amides is 7. The third-order valence-electron chi connectivity index (χ3n) is 9.13. The Morgan fingerprint density at radius 1 is 0.930 bits per heavy atom. The molecule has 1 atom stereocenters. The number of carbonyl (C=O) groups is 7. The minimum atomic E-state index is -1.03. The van der Waals surface area contributed by atoms with Crippen molar-refractivity contribution in [3.05, 3.63) is 65.6 Å². The molecule has 20 nitrogen and oxygen atoms in total. The number of nitrogens with zero attached hydrogens (tertiary/aromatic N) is 6. The van der Waals surface area contributed by atoms with Crippen LogP contribution in [0.2, 0.25) is 0 Å². The summed E-state index contributed by atoms with van der Waals surface area (Å²) in [5, 5.41) is 28.5. The summed E-state index contributed by atoms with van der Waals surface area (Å²) in [6, 6.07) is 10.5. The molecule has 0 radical (unpaired) electrons. The molecule has 0 spiro atoms. The van der Waals surface area contributed by atoms with E-state index in [1.165, 1.54) is 26.3 Å². The fourth-order valence-electron chi connectivity index (χ4n) is 6.33. The number of unbranched alkanes of at least 4 members (excludes halogenated alkanes) is 2. The van der Waals surface area contributed by atoms with Gasteiger partial charge in [-0.1, -0.05) is 12.5 Å². The highest BCUT2D eigenvalue weighted by Crippen LogP contribution is 2.37. The largest absolute Gasteiger partial charge is 0.494 e. The second kappa shape index (κ2) is 17.5. The van der Waals surface area contributed by atoms with E-state index in [1.54, 1.807) is 48.4 Å². The Morgan fingerprint density at radius 2 is 1.74 bits per heavy atom. The number of methoxy groups -OCH3 is 1. The average molecular weight is 781 g/mol. The molecule has 2 aliphatic rings. The van der Waals surface area contributed by atoms with Crippen LogP contribution < -0.4 is 36.6 Å². The molecule has 4 heterocycles. The molecule has 7 amide bonds. The van der Waals surface area contributed by atoms with Crippen LogP contribution in [0.5, 0.6) is 5.75 Å². The van der Waals surface area contributed by atoms with E-state index in [0.717, 1.165) is 4.90 Å². The molecule has 6 N–H and O–H groups in total. The summed E-state index contributed by atoms with van der Waals surface area (Å²) in [7, 11) is 4.68. The Kier molecular flexibility index (Phi) is 12.1. The smallest absolute Gasteiger partial charge is 0.273 e. The Labute approximate surface area is 325 Å². The normalized spacial score (nSPS) is 14.8. The molecule has 6 rings (SSSR count). The number of hydrogen-bond acceptors (Lipinski definition) is 14. The third kappa shape index (κ3) is 9.01. The predicted molar refractivity (Wildman–Crippen MR) is 203 cm³/mol. The van der Waals surface area contributed by atoms with Crippen LogP contribution >= 0.6 is 0 Å². The molecule has 296 valence electrons. The second-order valence-electron chi connectivity index (χ2n) is 13.1. The van der Waals surface area contributed by atoms with Crippen LogP contribution in [-0.4, -0.2) is 105 Å². The lowest BCUT2D eigenvalue weighted by atomic mass is 10.0. The first-order chi connectivity index (χ1) is 27.5. The van der Waals surface area contributed by atoms with Crippen molar-refractivity contribution in [2.75, 3.05) is 43.2 Å².